The zero-order chi connectivity index (χ0) is 21.4. The summed E-state index contributed by atoms with van der Waals surface area (Å²) in [6.45, 7) is 4.16. The molecule has 1 amide bonds. The number of hydrogen-bond acceptors (Lipinski definition) is 4. The summed E-state index contributed by atoms with van der Waals surface area (Å²) in [6, 6.07) is 11.9. The molecular formula is C23H24N6OS. The molecule has 0 saturated heterocycles. The second kappa shape index (κ2) is 8.11. The Morgan fingerprint density at radius 3 is 2.58 bits per heavy atom. The Hall–Kier alpha value is -3.26. The van der Waals surface area contributed by atoms with Gasteiger partial charge in [-0.25, -0.2) is 9.67 Å². The van der Waals surface area contributed by atoms with Gasteiger partial charge in [-0.1, -0.05) is 24.3 Å². The van der Waals surface area contributed by atoms with Crippen molar-refractivity contribution < 1.29 is 4.79 Å². The van der Waals surface area contributed by atoms with Crippen LogP contribution in [0.15, 0.2) is 49.1 Å². The molecule has 8 heteroatoms. The molecule has 0 aliphatic heterocycles. The molecule has 5 rings (SSSR count). The molecule has 2 aliphatic rings. The lowest BCUT2D eigenvalue weighted by Gasteiger charge is -2.12. The molecule has 0 bridgehead atoms. The molecule has 0 spiro atoms. The van der Waals surface area contributed by atoms with Crippen molar-refractivity contribution in [3.05, 3.63) is 66.0 Å². The number of fused-ring (bicyclic) bond motifs is 1. The minimum atomic E-state index is -0.244. The molecule has 158 valence electrons. The molecule has 0 atom stereocenters. The van der Waals surface area contributed by atoms with E-state index in [4.69, 9.17) is 22.3 Å². The summed E-state index contributed by atoms with van der Waals surface area (Å²) in [4.78, 5) is 18.2. The third-order valence-electron chi connectivity index (χ3n) is 5.59. The predicted molar refractivity (Wildman–Crippen MR) is 124 cm³/mol. The molecule has 3 aromatic rings. The normalized spacial score (nSPS) is 15.5. The number of amides is 1. The van der Waals surface area contributed by atoms with Crippen molar-refractivity contribution in [3.63, 3.8) is 0 Å². The number of nitrogens with zero attached hydrogens (tertiary/aromatic N) is 3. The van der Waals surface area contributed by atoms with E-state index < -0.39 is 0 Å². The molecule has 2 heterocycles. The SMILES string of the molecule is C=CCNC(=S)NNC(=O)c1cc(C2CC2)nc2c1c(C1CC1)nn2-c1ccccc1. The Morgan fingerprint density at radius 1 is 1.16 bits per heavy atom. The summed E-state index contributed by atoms with van der Waals surface area (Å²) < 4.78 is 1.88. The molecular weight excluding hydrogens is 408 g/mol. The fourth-order valence-electron chi connectivity index (χ4n) is 3.71. The number of aromatic nitrogens is 3. The average Bonchev–Trinajstić information content (AvgIpc) is 3.73. The monoisotopic (exact) mass is 432 g/mol. The predicted octanol–water partition coefficient (Wildman–Crippen LogP) is 3.47. The smallest absolute Gasteiger partial charge is 0.270 e. The topological polar surface area (TPSA) is 83.9 Å². The second-order valence-corrected chi connectivity index (χ2v) is 8.46. The van der Waals surface area contributed by atoms with Gasteiger partial charge in [0.1, 0.15) is 0 Å². The van der Waals surface area contributed by atoms with Gasteiger partial charge in [-0.2, -0.15) is 5.10 Å². The Balaban J connectivity index is 1.58. The van der Waals surface area contributed by atoms with Crippen molar-refractivity contribution in [1.29, 1.82) is 0 Å². The number of rotatable bonds is 6. The van der Waals surface area contributed by atoms with Crippen molar-refractivity contribution in [2.45, 2.75) is 37.5 Å². The number of hydrogen-bond donors (Lipinski definition) is 3. The lowest BCUT2D eigenvalue weighted by molar-refractivity contribution is 0.0945. The molecule has 0 unspecified atom stereocenters. The van der Waals surface area contributed by atoms with E-state index in [2.05, 4.69) is 22.7 Å². The van der Waals surface area contributed by atoms with Gasteiger partial charge in [0.05, 0.1) is 22.3 Å². The first kappa shape index (κ1) is 19.7. The van der Waals surface area contributed by atoms with Crippen LogP contribution in [0.3, 0.4) is 0 Å². The third kappa shape index (κ3) is 4.03. The van der Waals surface area contributed by atoms with Gasteiger partial charge in [0.25, 0.3) is 5.91 Å². The number of carbonyl (C=O) groups excluding carboxylic acids is 1. The molecule has 31 heavy (non-hydrogen) atoms. The van der Waals surface area contributed by atoms with Gasteiger partial charge >= 0.3 is 0 Å². The largest absolute Gasteiger partial charge is 0.358 e. The van der Waals surface area contributed by atoms with Crippen LogP contribution in [0.5, 0.6) is 0 Å². The Morgan fingerprint density at radius 2 is 1.90 bits per heavy atom. The number of hydrazine groups is 1. The van der Waals surface area contributed by atoms with Crippen LogP contribution in [0, 0.1) is 0 Å². The van der Waals surface area contributed by atoms with Crippen LogP contribution in [-0.2, 0) is 0 Å². The van der Waals surface area contributed by atoms with Crippen molar-refractivity contribution in [2.24, 2.45) is 0 Å². The van der Waals surface area contributed by atoms with E-state index in [0.717, 1.165) is 53.8 Å². The Kier molecular flexibility index (Phi) is 5.15. The highest BCUT2D eigenvalue weighted by Crippen LogP contribution is 2.45. The molecule has 2 aromatic heterocycles. The summed E-state index contributed by atoms with van der Waals surface area (Å²) in [7, 11) is 0. The van der Waals surface area contributed by atoms with E-state index in [1.54, 1.807) is 6.08 Å². The van der Waals surface area contributed by atoms with Crippen LogP contribution in [0.1, 0.15) is 59.3 Å². The molecule has 0 radical (unpaired) electrons. The van der Waals surface area contributed by atoms with Gasteiger partial charge < -0.3 is 5.32 Å². The van der Waals surface area contributed by atoms with Crippen LogP contribution in [0.25, 0.3) is 16.7 Å². The maximum Gasteiger partial charge on any atom is 0.270 e. The van der Waals surface area contributed by atoms with E-state index >= 15 is 0 Å². The lowest BCUT2D eigenvalue weighted by Crippen LogP contribution is -2.46. The minimum absolute atomic E-state index is 0.244. The number of carbonyl (C=O) groups is 1. The summed E-state index contributed by atoms with van der Waals surface area (Å²) >= 11 is 5.19. The van der Waals surface area contributed by atoms with Gasteiger partial charge in [-0.3, -0.25) is 15.6 Å². The van der Waals surface area contributed by atoms with E-state index in [-0.39, 0.29) is 5.91 Å². The summed E-state index contributed by atoms with van der Waals surface area (Å²) in [5.41, 5.74) is 9.68. The van der Waals surface area contributed by atoms with Gasteiger partial charge in [-0.15, -0.1) is 6.58 Å². The first-order chi connectivity index (χ1) is 15.2. The van der Waals surface area contributed by atoms with Crippen LogP contribution in [0.4, 0.5) is 0 Å². The highest BCUT2D eigenvalue weighted by molar-refractivity contribution is 7.80. The number of benzene rings is 1. The van der Waals surface area contributed by atoms with Crippen LogP contribution in [0.2, 0.25) is 0 Å². The quantitative estimate of drug-likeness (QED) is 0.314. The first-order valence-electron chi connectivity index (χ1n) is 10.6. The maximum atomic E-state index is 13.2. The fourth-order valence-corrected chi connectivity index (χ4v) is 3.85. The van der Waals surface area contributed by atoms with Crippen LogP contribution in [-0.4, -0.2) is 32.3 Å². The van der Waals surface area contributed by atoms with Crippen molar-refractivity contribution in [1.82, 2.24) is 30.9 Å². The molecule has 2 fully saturated rings. The van der Waals surface area contributed by atoms with Gasteiger partial charge in [0.2, 0.25) is 0 Å². The Bertz CT molecular complexity index is 1160. The van der Waals surface area contributed by atoms with E-state index in [0.29, 0.717) is 29.1 Å². The zero-order valence-corrected chi connectivity index (χ0v) is 17.9. The first-order valence-corrected chi connectivity index (χ1v) is 11.0. The Labute approximate surface area is 185 Å². The number of pyridine rings is 1. The molecule has 7 nitrogen and oxygen atoms in total. The van der Waals surface area contributed by atoms with Gasteiger partial charge in [0, 0.05) is 24.1 Å². The standard InChI is InChI=1S/C23H24N6OS/c1-2-12-24-23(31)27-26-22(30)17-13-18(14-8-9-14)25-21-19(17)20(15-10-11-15)28-29(21)16-6-4-3-5-7-16/h2-7,13-15H,1,8-12H2,(H,26,30)(H2,24,27,31). The van der Waals surface area contributed by atoms with Crippen LogP contribution >= 0.6 is 12.2 Å². The van der Waals surface area contributed by atoms with E-state index in [9.17, 15) is 4.79 Å². The lowest BCUT2D eigenvalue weighted by atomic mass is 10.1. The number of nitrogens with one attached hydrogen (secondary N) is 3. The highest BCUT2D eigenvalue weighted by Gasteiger charge is 2.34. The van der Waals surface area contributed by atoms with Crippen LogP contribution < -0.4 is 16.2 Å². The van der Waals surface area contributed by atoms with E-state index in [1.165, 1.54) is 0 Å². The molecule has 2 saturated carbocycles. The molecule has 2 aliphatic carbocycles. The highest BCUT2D eigenvalue weighted by atomic mass is 32.1. The zero-order valence-electron chi connectivity index (χ0n) is 17.1. The number of para-hydroxylation sites is 1. The van der Waals surface area contributed by atoms with E-state index in [1.807, 2.05) is 41.1 Å². The van der Waals surface area contributed by atoms with Crippen molar-refractivity contribution in [3.8, 4) is 5.69 Å². The van der Waals surface area contributed by atoms with Gasteiger partial charge in [-0.05, 0) is 56.1 Å². The fraction of sp³-hybridized carbons (Fsp3) is 0.304. The molecule has 3 N–H and O–H groups in total. The van der Waals surface area contributed by atoms with Crippen molar-refractivity contribution in [2.75, 3.05) is 6.54 Å². The minimum Gasteiger partial charge on any atom is -0.358 e. The molecule has 1 aromatic carbocycles. The summed E-state index contributed by atoms with van der Waals surface area (Å²) in [5.74, 6) is 0.533. The maximum absolute atomic E-state index is 13.2. The van der Waals surface area contributed by atoms with Gasteiger partial charge in [0.15, 0.2) is 10.8 Å². The second-order valence-electron chi connectivity index (χ2n) is 8.05. The summed E-state index contributed by atoms with van der Waals surface area (Å²) in [5, 5.41) is 9.04. The third-order valence-corrected chi connectivity index (χ3v) is 5.83. The number of thiocarbonyl (C=S) groups is 1. The average molecular weight is 433 g/mol. The van der Waals surface area contributed by atoms with Crippen molar-refractivity contribution >= 4 is 34.3 Å². The summed E-state index contributed by atoms with van der Waals surface area (Å²) in [6.07, 6.45) is 6.06.